The Bertz CT molecular complexity index is 1070. The van der Waals surface area contributed by atoms with Gasteiger partial charge in [0.15, 0.2) is 0 Å². The van der Waals surface area contributed by atoms with Crippen molar-refractivity contribution in [2.45, 2.75) is 25.6 Å². The zero-order chi connectivity index (χ0) is 24.6. The molecule has 0 unspecified atom stereocenters. The number of rotatable bonds is 8. The number of primary amides is 1. The van der Waals surface area contributed by atoms with E-state index in [0.29, 0.717) is 25.7 Å². The molecule has 0 fully saturated rings. The highest BCUT2D eigenvalue weighted by Gasteiger charge is 2.56. The molecule has 1 heterocycles. The molecule has 178 valence electrons. The van der Waals surface area contributed by atoms with Gasteiger partial charge in [0.2, 0.25) is 11.5 Å². The van der Waals surface area contributed by atoms with Crippen LogP contribution in [0.25, 0.3) is 0 Å². The molecule has 2 aromatic carbocycles. The number of para-hydroxylation sites is 1. The lowest BCUT2D eigenvalue weighted by Gasteiger charge is -2.27. The highest BCUT2D eigenvalue weighted by Crippen LogP contribution is 2.52. The van der Waals surface area contributed by atoms with Crippen molar-refractivity contribution < 1.29 is 32.6 Å². The first-order valence-corrected chi connectivity index (χ1v) is 10.5. The number of hydrogen-bond acceptors (Lipinski definition) is 5. The molecule has 33 heavy (non-hydrogen) atoms. The molecule has 2 aromatic rings. The largest absolute Gasteiger partial charge is 0.496 e. The van der Waals surface area contributed by atoms with Crippen LogP contribution in [-0.2, 0) is 16.6 Å². The molecule has 1 aliphatic rings. The third-order valence-electron chi connectivity index (χ3n) is 5.95. The Balaban J connectivity index is 2.33. The Labute approximate surface area is 189 Å². The molecule has 0 spiro atoms. The van der Waals surface area contributed by atoms with Crippen molar-refractivity contribution in [3.63, 3.8) is 0 Å². The zero-order valence-electron chi connectivity index (χ0n) is 18.6. The maximum absolute atomic E-state index is 14.2. The molecule has 0 radical (unpaired) electrons. The van der Waals surface area contributed by atoms with Gasteiger partial charge >= 0.3 is 6.18 Å². The summed E-state index contributed by atoms with van der Waals surface area (Å²) in [4.78, 5) is 28.5. The number of nitrogens with zero attached hydrogens (tertiary/aromatic N) is 2. The van der Waals surface area contributed by atoms with E-state index in [0.717, 1.165) is 11.0 Å². The first kappa shape index (κ1) is 24.5. The van der Waals surface area contributed by atoms with Crippen molar-refractivity contribution in [2.75, 3.05) is 38.2 Å². The van der Waals surface area contributed by atoms with E-state index in [2.05, 4.69) is 0 Å². The summed E-state index contributed by atoms with van der Waals surface area (Å²) in [7, 11) is 1.29. The standard InChI is InChI=1S/C23H26F3N3O4/c1-4-28(5-2)10-11-29-17-13-14(20(27)30)12-16(23(24,25)26)19(17)22(32,21(29)31)15-8-6-7-9-18(15)33-3/h6-9,12-13,32H,4-5,10-11H2,1-3H3,(H2,27,30)/t22-/m1/s1. The average Bonchev–Trinajstić information content (AvgIpc) is 3.00. The fraction of sp³-hybridized carbons (Fsp3) is 0.391. The Morgan fingerprint density at radius 3 is 2.39 bits per heavy atom. The number of fused-ring (bicyclic) bond motifs is 1. The molecule has 0 saturated heterocycles. The van der Waals surface area contributed by atoms with Crippen LogP contribution in [0.3, 0.4) is 0 Å². The van der Waals surface area contributed by atoms with Crippen LogP contribution in [0.4, 0.5) is 18.9 Å². The first-order valence-electron chi connectivity index (χ1n) is 10.5. The summed E-state index contributed by atoms with van der Waals surface area (Å²) in [5.41, 5.74) is -0.0735. The molecule has 2 amide bonds. The van der Waals surface area contributed by atoms with Gasteiger partial charge in [0.1, 0.15) is 5.75 Å². The quantitative estimate of drug-likeness (QED) is 0.625. The maximum atomic E-state index is 14.2. The number of anilines is 1. The molecule has 1 aliphatic heterocycles. The van der Waals surface area contributed by atoms with Gasteiger partial charge in [-0.05, 0) is 31.3 Å². The lowest BCUT2D eigenvalue weighted by atomic mass is 9.83. The van der Waals surface area contributed by atoms with E-state index in [-0.39, 0.29) is 23.5 Å². The predicted octanol–water partition coefficient (Wildman–Crippen LogP) is 2.74. The fourth-order valence-corrected chi connectivity index (χ4v) is 4.19. The van der Waals surface area contributed by atoms with E-state index >= 15 is 0 Å². The Morgan fingerprint density at radius 2 is 1.85 bits per heavy atom. The minimum Gasteiger partial charge on any atom is -0.496 e. The third-order valence-corrected chi connectivity index (χ3v) is 5.95. The number of alkyl halides is 3. The summed E-state index contributed by atoms with van der Waals surface area (Å²) in [6.07, 6.45) is -4.97. The van der Waals surface area contributed by atoms with Crippen molar-refractivity contribution in [2.24, 2.45) is 5.73 Å². The lowest BCUT2D eigenvalue weighted by molar-refractivity contribution is -0.142. The van der Waals surface area contributed by atoms with Gasteiger partial charge in [0.25, 0.3) is 5.91 Å². The summed E-state index contributed by atoms with van der Waals surface area (Å²) >= 11 is 0. The second kappa shape index (κ2) is 9.03. The van der Waals surface area contributed by atoms with Crippen LogP contribution in [0, 0.1) is 0 Å². The van der Waals surface area contributed by atoms with Gasteiger partial charge < -0.3 is 25.4 Å². The maximum Gasteiger partial charge on any atom is 0.416 e. The number of carbonyl (C=O) groups excluding carboxylic acids is 2. The third kappa shape index (κ3) is 4.16. The van der Waals surface area contributed by atoms with Crippen LogP contribution in [0.2, 0.25) is 0 Å². The van der Waals surface area contributed by atoms with E-state index in [1.807, 2.05) is 18.7 Å². The fourth-order valence-electron chi connectivity index (χ4n) is 4.19. The molecular weight excluding hydrogens is 439 g/mol. The van der Waals surface area contributed by atoms with Crippen LogP contribution in [-0.4, -0.2) is 55.1 Å². The van der Waals surface area contributed by atoms with Crippen molar-refractivity contribution in [1.82, 2.24) is 4.90 Å². The summed E-state index contributed by atoms with van der Waals surface area (Å²) in [6, 6.07) is 7.56. The molecule has 10 heteroatoms. The molecule has 3 N–H and O–H groups in total. The number of likely N-dealkylation sites (N-methyl/N-ethyl adjacent to an activating group) is 1. The minimum atomic E-state index is -4.97. The van der Waals surface area contributed by atoms with Gasteiger partial charge in [-0.3, -0.25) is 9.59 Å². The number of hydrogen-bond donors (Lipinski definition) is 2. The van der Waals surface area contributed by atoms with Gasteiger partial charge in [-0.2, -0.15) is 13.2 Å². The van der Waals surface area contributed by atoms with Gasteiger partial charge in [0.05, 0.1) is 18.4 Å². The summed E-state index contributed by atoms with van der Waals surface area (Å²) in [5, 5.41) is 11.7. The SMILES string of the molecule is CCN(CC)CCN1C(=O)[C@@](O)(c2ccccc2OC)c2c1cc(C(N)=O)cc2C(F)(F)F. The van der Waals surface area contributed by atoms with Gasteiger partial charge in [-0.25, -0.2) is 0 Å². The highest BCUT2D eigenvalue weighted by atomic mass is 19.4. The number of halogens is 3. The number of nitrogens with two attached hydrogens (primary N) is 1. The smallest absolute Gasteiger partial charge is 0.416 e. The molecule has 1 atom stereocenters. The normalized spacial score (nSPS) is 18.1. The van der Waals surface area contributed by atoms with Crippen LogP contribution in [0.1, 0.15) is 40.9 Å². The van der Waals surface area contributed by atoms with E-state index in [4.69, 9.17) is 10.5 Å². The topological polar surface area (TPSA) is 96.1 Å². The van der Waals surface area contributed by atoms with Crippen molar-refractivity contribution in [3.8, 4) is 5.75 Å². The summed E-state index contributed by atoms with van der Waals surface area (Å²) in [5.74, 6) is -1.98. The van der Waals surface area contributed by atoms with Gasteiger partial charge in [0, 0.05) is 29.8 Å². The first-order chi connectivity index (χ1) is 15.5. The zero-order valence-corrected chi connectivity index (χ0v) is 18.6. The molecule has 0 aliphatic carbocycles. The number of aliphatic hydroxyl groups is 1. The van der Waals surface area contributed by atoms with Crippen molar-refractivity contribution >= 4 is 17.5 Å². The second-order valence-corrected chi connectivity index (χ2v) is 7.67. The Morgan fingerprint density at radius 1 is 1.21 bits per heavy atom. The van der Waals surface area contributed by atoms with Crippen LogP contribution in [0.5, 0.6) is 5.75 Å². The van der Waals surface area contributed by atoms with E-state index < -0.39 is 40.3 Å². The molecule has 3 rings (SSSR count). The van der Waals surface area contributed by atoms with Crippen LogP contribution < -0.4 is 15.4 Å². The van der Waals surface area contributed by atoms with E-state index in [1.165, 1.54) is 25.3 Å². The van der Waals surface area contributed by atoms with Gasteiger partial charge in [-0.15, -0.1) is 0 Å². The summed E-state index contributed by atoms with van der Waals surface area (Å²) < 4.78 is 47.8. The molecule has 0 saturated carbocycles. The van der Waals surface area contributed by atoms with Gasteiger partial charge in [-0.1, -0.05) is 32.0 Å². The predicted molar refractivity (Wildman–Crippen MR) is 116 cm³/mol. The Hall–Kier alpha value is -3.11. The Kier molecular flexibility index (Phi) is 6.71. The summed E-state index contributed by atoms with van der Waals surface area (Å²) in [6.45, 7) is 5.52. The number of carbonyl (C=O) groups is 2. The van der Waals surface area contributed by atoms with E-state index in [9.17, 15) is 27.9 Å². The van der Waals surface area contributed by atoms with E-state index in [1.54, 1.807) is 6.07 Å². The molecule has 0 bridgehead atoms. The number of ether oxygens (including phenoxy) is 1. The number of benzene rings is 2. The molecule has 7 nitrogen and oxygen atoms in total. The highest BCUT2D eigenvalue weighted by molar-refractivity contribution is 6.11. The molecular formula is C23H26F3N3O4. The number of methoxy groups -OCH3 is 1. The molecule has 0 aromatic heterocycles. The number of amides is 2. The van der Waals surface area contributed by atoms with Crippen molar-refractivity contribution in [3.05, 3.63) is 58.7 Å². The van der Waals surface area contributed by atoms with Crippen LogP contribution in [0.15, 0.2) is 36.4 Å². The van der Waals surface area contributed by atoms with Crippen LogP contribution >= 0.6 is 0 Å². The second-order valence-electron chi connectivity index (χ2n) is 7.67. The minimum absolute atomic E-state index is 0.00445. The van der Waals surface area contributed by atoms with Crippen molar-refractivity contribution in [1.29, 1.82) is 0 Å². The average molecular weight is 465 g/mol. The lowest BCUT2D eigenvalue weighted by Crippen LogP contribution is -2.44. The monoisotopic (exact) mass is 465 g/mol.